The van der Waals surface area contributed by atoms with Crippen LogP contribution in [0.2, 0.25) is 0 Å². The van der Waals surface area contributed by atoms with Crippen molar-refractivity contribution in [1.29, 1.82) is 0 Å². The summed E-state index contributed by atoms with van der Waals surface area (Å²) in [6, 6.07) is 6.02. The minimum Gasteiger partial charge on any atom is -0.478 e. The Morgan fingerprint density at radius 3 is 2.43 bits per heavy atom. The van der Waals surface area contributed by atoms with Crippen molar-refractivity contribution in [2.24, 2.45) is 0 Å². The van der Waals surface area contributed by atoms with Crippen molar-refractivity contribution in [3.63, 3.8) is 0 Å². The summed E-state index contributed by atoms with van der Waals surface area (Å²) in [7, 11) is 3.97. The number of carbonyl (C=O) groups is 2. The Bertz CT molecular complexity index is 770. The fraction of sp³-hybridized carbons (Fsp3) is 0.652. The number of nitrogens with zero attached hydrogens (tertiary/aromatic N) is 3. The minimum absolute atomic E-state index is 0.00286. The molecule has 1 aromatic rings. The average molecular weight is 418 g/mol. The summed E-state index contributed by atoms with van der Waals surface area (Å²) >= 11 is 0. The second kappa shape index (κ2) is 8.53. The molecule has 0 N–H and O–H groups in total. The van der Waals surface area contributed by atoms with Crippen molar-refractivity contribution in [2.75, 3.05) is 33.7 Å². The third kappa shape index (κ3) is 3.92. The van der Waals surface area contributed by atoms with Gasteiger partial charge in [0.25, 0.3) is 5.91 Å². The van der Waals surface area contributed by atoms with Crippen LogP contribution in [0.4, 0.5) is 4.39 Å². The van der Waals surface area contributed by atoms with Crippen LogP contribution < -0.4 is 4.74 Å². The average Bonchev–Trinajstić information content (AvgIpc) is 2.77. The molecule has 164 valence electrons. The fourth-order valence-electron chi connectivity index (χ4n) is 5.24. The first-order chi connectivity index (χ1) is 14.4. The van der Waals surface area contributed by atoms with Gasteiger partial charge in [0, 0.05) is 13.1 Å². The van der Waals surface area contributed by atoms with Crippen LogP contribution in [0, 0.1) is 5.82 Å². The van der Waals surface area contributed by atoms with E-state index in [1.807, 2.05) is 11.9 Å². The molecule has 1 aliphatic carbocycles. The lowest BCUT2D eigenvalue weighted by Gasteiger charge is -2.58. The van der Waals surface area contributed by atoms with Crippen molar-refractivity contribution >= 4 is 11.8 Å². The van der Waals surface area contributed by atoms with E-state index in [1.54, 1.807) is 17.0 Å². The molecule has 0 aromatic heterocycles. The van der Waals surface area contributed by atoms with Crippen LogP contribution in [0.3, 0.4) is 0 Å². The Labute approximate surface area is 177 Å². The van der Waals surface area contributed by atoms with Crippen molar-refractivity contribution < 1.29 is 18.7 Å². The van der Waals surface area contributed by atoms with Crippen LogP contribution in [0.1, 0.15) is 44.9 Å². The topological polar surface area (TPSA) is 53.1 Å². The Morgan fingerprint density at radius 2 is 1.80 bits per heavy atom. The first-order valence-corrected chi connectivity index (χ1v) is 11.1. The number of hydrogen-bond acceptors (Lipinski definition) is 4. The second-order valence-corrected chi connectivity index (χ2v) is 9.08. The van der Waals surface area contributed by atoms with Crippen LogP contribution in [-0.4, -0.2) is 77.9 Å². The largest absolute Gasteiger partial charge is 0.478 e. The summed E-state index contributed by atoms with van der Waals surface area (Å²) in [6.07, 6.45) is 6.20. The van der Waals surface area contributed by atoms with E-state index in [-0.39, 0.29) is 30.2 Å². The maximum atomic E-state index is 13.2. The Hall–Kier alpha value is -2.15. The SMILES string of the molecule is CN1CCC(N(C)C(=O)CN2C(=O)C(Oc3ccc(F)cc3)C23CCCCC3)CC1. The molecule has 2 aliphatic heterocycles. The van der Waals surface area contributed by atoms with Crippen molar-refractivity contribution in [2.45, 2.75) is 62.6 Å². The molecule has 2 saturated heterocycles. The molecule has 1 spiro atoms. The molecule has 3 fully saturated rings. The summed E-state index contributed by atoms with van der Waals surface area (Å²) in [5, 5.41) is 0. The lowest BCUT2D eigenvalue weighted by atomic mass is 9.70. The highest BCUT2D eigenvalue weighted by Gasteiger charge is 2.62. The molecule has 1 aromatic carbocycles. The third-order valence-corrected chi connectivity index (χ3v) is 7.23. The molecule has 7 heteroatoms. The van der Waals surface area contributed by atoms with Gasteiger partial charge in [0.05, 0.1) is 5.54 Å². The summed E-state index contributed by atoms with van der Waals surface area (Å²) < 4.78 is 19.2. The zero-order valence-corrected chi connectivity index (χ0v) is 18.0. The van der Waals surface area contributed by atoms with Gasteiger partial charge in [0.2, 0.25) is 5.91 Å². The van der Waals surface area contributed by atoms with Crippen LogP contribution in [-0.2, 0) is 9.59 Å². The van der Waals surface area contributed by atoms with Gasteiger partial charge in [0.1, 0.15) is 18.1 Å². The lowest BCUT2D eigenvalue weighted by molar-refractivity contribution is -0.189. The van der Waals surface area contributed by atoms with Gasteiger partial charge in [-0.15, -0.1) is 0 Å². The van der Waals surface area contributed by atoms with E-state index in [2.05, 4.69) is 11.9 Å². The first kappa shape index (κ1) is 21.1. The van der Waals surface area contributed by atoms with E-state index < -0.39 is 11.6 Å². The number of likely N-dealkylation sites (N-methyl/N-ethyl adjacent to an activating group) is 1. The van der Waals surface area contributed by atoms with E-state index in [0.29, 0.717) is 5.75 Å². The number of halogens is 1. The molecule has 0 radical (unpaired) electrons. The summed E-state index contributed by atoms with van der Waals surface area (Å²) in [5.41, 5.74) is -0.424. The smallest absolute Gasteiger partial charge is 0.267 e. The van der Waals surface area contributed by atoms with E-state index >= 15 is 0 Å². The summed E-state index contributed by atoms with van der Waals surface area (Å²) in [5.74, 6) is 0.0300. The molecule has 30 heavy (non-hydrogen) atoms. The van der Waals surface area contributed by atoms with E-state index in [9.17, 15) is 14.0 Å². The lowest BCUT2D eigenvalue weighted by Crippen LogP contribution is -2.77. The summed E-state index contributed by atoms with van der Waals surface area (Å²) in [4.78, 5) is 31.9. The highest BCUT2D eigenvalue weighted by atomic mass is 19.1. The zero-order chi connectivity index (χ0) is 21.3. The molecule has 1 unspecified atom stereocenters. The molecule has 0 bridgehead atoms. The van der Waals surface area contributed by atoms with Gasteiger partial charge in [-0.3, -0.25) is 9.59 Å². The number of benzene rings is 1. The minimum atomic E-state index is -0.593. The number of piperidine rings is 1. The maximum absolute atomic E-state index is 13.2. The maximum Gasteiger partial charge on any atom is 0.267 e. The van der Waals surface area contributed by atoms with Crippen LogP contribution in [0.5, 0.6) is 5.75 Å². The predicted molar refractivity (Wildman–Crippen MR) is 112 cm³/mol. The van der Waals surface area contributed by atoms with Gasteiger partial charge in [-0.25, -0.2) is 4.39 Å². The highest BCUT2D eigenvalue weighted by molar-refractivity contribution is 5.94. The van der Waals surface area contributed by atoms with Gasteiger partial charge < -0.3 is 19.4 Å². The van der Waals surface area contributed by atoms with Crippen LogP contribution in [0.15, 0.2) is 24.3 Å². The number of amides is 2. The van der Waals surface area contributed by atoms with Gasteiger partial charge >= 0.3 is 0 Å². The molecule has 2 heterocycles. The van der Waals surface area contributed by atoms with Gasteiger partial charge in [-0.1, -0.05) is 19.3 Å². The Balaban J connectivity index is 1.45. The molecule has 2 amide bonds. The summed E-state index contributed by atoms with van der Waals surface area (Å²) in [6.45, 7) is 2.09. The monoisotopic (exact) mass is 417 g/mol. The molecular weight excluding hydrogens is 385 g/mol. The van der Waals surface area contributed by atoms with Crippen molar-refractivity contribution in [3.05, 3.63) is 30.1 Å². The number of β-lactam (4-membered cyclic amide) rings is 1. The molecule has 4 rings (SSSR count). The van der Waals surface area contributed by atoms with E-state index in [1.165, 1.54) is 12.1 Å². The highest BCUT2D eigenvalue weighted by Crippen LogP contribution is 2.45. The normalized spacial score (nSPS) is 24.6. The van der Waals surface area contributed by atoms with Gasteiger partial charge in [-0.2, -0.15) is 0 Å². The zero-order valence-electron chi connectivity index (χ0n) is 18.0. The molecule has 6 nitrogen and oxygen atoms in total. The van der Waals surface area contributed by atoms with Crippen LogP contribution in [0.25, 0.3) is 0 Å². The fourth-order valence-corrected chi connectivity index (χ4v) is 5.24. The number of ether oxygens (including phenoxy) is 1. The molecule has 1 saturated carbocycles. The first-order valence-electron chi connectivity index (χ1n) is 11.1. The van der Waals surface area contributed by atoms with E-state index in [4.69, 9.17) is 4.74 Å². The quantitative estimate of drug-likeness (QED) is 0.692. The number of hydrogen-bond donors (Lipinski definition) is 0. The standard InChI is InChI=1S/C23H32FN3O3/c1-25-14-10-18(11-15-25)26(2)20(28)16-27-22(29)21(23(27)12-4-3-5-13-23)30-19-8-6-17(24)7-9-19/h6-9,18,21H,3-5,10-16H2,1-2H3. The van der Waals surface area contributed by atoms with Crippen molar-refractivity contribution in [1.82, 2.24) is 14.7 Å². The number of likely N-dealkylation sites (tertiary alicyclic amines) is 2. The van der Waals surface area contributed by atoms with Gasteiger partial charge in [0.15, 0.2) is 6.10 Å². The number of carbonyl (C=O) groups excluding carboxylic acids is 2. The van der Waals surface area contributed by atoms with Gasteiger partial charge in [-0.05, 0) is 70.1 Å². The Kier molecular flexibility index (Phi) is 6.00. The van der Waals surface area contributed by atoms with E-state index in [0.717, 1.165) is 58.0 Å². The molecule has 1 atom stereocenters. The second-order valence-electron chi connectivity index (χ2n) is 9.08. The van der Waals surface area contributed by atoms with Crippen LogP contribution >= 0.6 is 0 Å². The predicted octanol–water partition coefficient (Wildman–Crippen LogP) is 2.67. The third-order valence-electron chi connectivity index (χ3n) is 7.23. The number of rotatable bonds is 5. The van der Waals surface area contributed by atoms with Crippen molar-refractivity contribution in [3.8, 4) is 5.75 Å². The molecular formula is C23H32FN3O3. The molecule has 3 aliphatic rings. The Morgan fingerprint density at radius 1 is 1.17 bits per heavy atom.